The van der Waals surface area contributed by atoms with Gasteiger partial charge in [0.25, 0.3) is 0 Å². The fourth-order valence-electron chi connectivity index (χ4n) is 3.07. The fourth-order valence-corrected chi connectivity index (χ4v) is 4.98. The van der Waals surface area contributed by atoms with E-state index in [0.29, 0.717) is 21.7 Å². The van der Waals surface area contributed by atoms with Crippen molar-refractivity contribution in [1.82, 2.24) is 9.79 Å². The number of hydrogen-bond acceptors (Lipinski definition) is 4. The molecule has 0 heterocycles. The number of nitrogens with zero attached hydrogens (tertiary/aromatic N) is 1. The zero-order valence-corrected chi connectivity index (χ0v) is 19.2. The molecule has 0 aliphatic carbocycles. The topological polar surface area (TPSA) is 89.5 Å². The monoisotopic (exact) mass is 541 g/mol. The maximum atomic E-state index is 13.4. The molecule has 0 aliphatic rings. The molecule has 6 nitrogen and oxygen atoms in total. The molecule has 0 saturated heterocycles. The lowest BCUT2D eigenvalue weighted by atomic mass is 10.1. The summed E-state index contributed by atoms with van der Waals surface area (Å²) in [7, 11) is -4.34. The number of alkyl halides is 3. The quantitative estimate of drug-likeness (QED) is 0.422. The van der Waals surface area contributed by atoms with Gasteiger partial charge in [0.15, 0.2) is 0 Å². The smallest absolute Gasteiger partial charge is 0.416 e. The van der Waals surface area contributed by atoms with Gasteiger partial charge >= 0.3 is 6.18 Å². The van der Waals surface area contributed by atoms with Gasteiger partial charge in [0, 0.05) is 23.1 Å². The zero-order valence-electron chi connectivity index (χ0n) is 16.8. The number of nitrogens with one attached hydrogen (secondary N) is 1. The average Bonchev–Trinajstić information content (AvgIpc) is 2.78. The first-order chi connectivity index (χ1) is 15.5. The van der Waals surface area contributed by atoms with Crippen LogP contribution in [-0.4, -0.2) is 18.6 Å². The average molecular weight is 542 g/mol. The lowest BCUT2D eigenvalue weighted by molar-refractivity contribution is -0.137. The molecule has 33 heavy (non-hydrogen) atoms. The van der Waals surface area contributed by atoms with Crippen molar-refractivity contribution in [2.45, 2.75) is 24.2 Å². The van der Waals surface area contributed by atoms with E-state index in [4.69, 9.17) is 0 Å². The van der Waals surface area contributed by atoms with Gasteiger partial charge in [0.05, 0.1) is 10.5 Å². The summed E-state index contributed by atoms with van der Waals surface area (Å²) >= 11 is 3.32. The van der Waals surface area contributed by atoms with Gasteiger partial charge < -0.3 is 10.7 Å². The number of halogens is 4. The Morgan fingerprint density at radius 2 is 1.58 bits per heavy atom. The largest absolute Gasteiger partial charge is 0.759 e. The molecule has 0 radical (unpaired) electrons. The van der Waals surface area contributed by atoms with Gasteiger partial charge in [0.2, 0.25) is 15.9 Å². The minimum absolute atomic E-state index is 0.0908. The Kier molecular flexibility index (Phi) is 7.58. The summed E-state index contributed by atoms with van der Waals surface area (Å²) in [6, 6.07) is 16.1. The molecule has 3 aromatic rings. The van der Waals surface area contributed by atoms with E-state index in [0.717, 1.165) is 22.5 Å². The van der Waals surface area contributed by atoms with Gasteiger partial charge in [-0.15, -0.1) is 0 Å². The lowest BCUT2D eigenvalue weighted by Gasteiger charge is -2.23. The van der Waals surface area contributed by atoms with Crippen LogP contribution in [0.15, 0.2) is 82.2 Å². The standard InChI is InChI=1S/C22H17BrF3N2O4S/c23-19-5-1-3-16(11-19)14-28(13-15-7-9-17(10-8-15)21(29)27-30)33(31,32)20-6-2-4-18(12-20)22(24,25)26/h1-12H,13-14H2,(H-,27,29,30)/q-1. The first-order valence-corrected chi connectivity index (χ1v) is 11.7. The second kappa shape index (κ2) is 10.0. The van der Waals surface area contributed by atoms with E-state index < -0.39 is 32.6 Å². The van der Waals surface area contributed by atoms with E-state index in [-0.39, 0.29) is 18.7 Å². The van der Waals surface area contributed by atoms with Crippen molar-refractivity contribution < 1.29 is 26.4 Å². The van der Waals surface area contributed by atoms with Gasteiger partial charge in [-0.05, 0) is 53.6 Å². The number of benzene rings is 3. The van der Waals surface area contributed by atoms with E-state index in [1.807, 2.05) is 0 Å². The Morgan fingerprint density at radius 1 is 0.939 bits per heavy atom. The van der Waals surface area contributed by atoms with Crippen molar-refractivity contribution in [2.75, 3.05) is 0 Å². The van der Waals surface area contributed by atoms with Crippen LogP contribution in [0.3, 0.4) is 0 Å². The Hall–Kier alpha value is -2.73. The van der Waals surface area contributed by atoms with Gasteiger partial charge in [-0.3, -0.25) is 4.79 Å². The van der Waals surface area contributed by atoms with Crippen LogP contribution in [0.1, 0.15) is 27.0 Å². The number of hydrogen-bond donors (Lipinski definition) is 1. The minimum Gasteiger partial charge on any atom is -0.759 e. The molecular formula is C22H17BrF3N2O4S-. The number of sulfonamides is 1. The predicted octanol–water partition coefficient (Wildman–Crippen LogP) is 5.09. The molecule has 0 bridgehead atoms. The van der Waals surface area contributed by atoms with Crippen LogP contribution < -0.4 is 5.48 Å². The summed E-state index contributed by atoms with van der Waals surface area (Å²) in [6.45, 7) is -0.287. The van der Waals surface area contributed by atoms with Crippen molar-refractivity contribution in [3.05, 3.63) is 105 Å². The first kappa shape index (κ1) is 24.9. The van der Waals surface area contributed by atoms with E-state index >= 15 is 0 Å². The van der Waals surface area contributed by atoms with Crippen LogP contribution in [0.5, 0.6) is 0 Å². The number of amides is 1. The number of rotatable bonds is 7. The highest BCUT2D eigenvalue weighted by atomic mass is 79.9. The third-order valence-electron chi connectivity index (χ3n) is 4.71. The molecule has 1 amide bonds. The van der Waals surface area contributed by atoms with Crippen molar-refractivity contribution in [3.63, 3.8) is 0 Å². The normalized spacial score (nSPS) is 12.1. The molecule has 1 N–H and O–H groups in total. The number of hydroxylamine groups is 1. The third kappa shape index (κ3) is 6.20. The second-order valence-corrected chi connectivity index (χ2v) is 9.91. The van der Waals surface area contributed by atoms with E-state index in [9.17, 15) is 31.6 Å². The van der Waals surface area contributed by atoms with E-state index in [1.165, 1.54) is 29.7 Å². The van der Waals surface area contributed by atoms with Crippen molar-refractivity contribution in [2.24, 2.45) is 0 Å². The molecule has 0 spiro atoms. The van der Waals surface area contributed by atoms with Gasteiger partial charge in [-0.2, -0.15) is 17.5 Å². The number of carbonyl (C=O) groups excluding carboxylic acids is 1. The SMILES string of the molecule is O=C(N[O-])c1ccc(CN(Cc2cccc(Br)c2)S(=O)(=O)c2cccc(C(F)(F)F)c2)cc1. The highest BCUT2D eigenvalue weighted by molar-refractivity contribution is 9.10. The summed E-state index contributed by atoms with van der Waals surface area (Å²) in [4.78, 5) is 11.0. The Balaban J connectivity index is 2.00. The summed E-state index contributed by atoms with van der Waals surface area (Å²) < 4.78 is 68.0. The highest BCUT2D eigenvalue weighted by Crippen LogP contribution is 2.32. The molecule has 0 aromatic heterocycles. The molecule has 0 atom stereocenters. The van der Waals surface area contributed by atoms with Crippen molar-refractivity contribution in [3.8, 4) is 0 Å². The van der Waals surface area contributed by atoms with Crippen molar-refractivity contribution >= 4 is 31.9 Å². The summed E-state index contributed by atoms with van der Waals surface area (Å²) in [6.07, 6.45) is -4.70. The summed E-state index contributed by atoms with van der Waals surface area (Å²) in [5.41, 5.74) is 1.36. The summed E-state index contributed by atoms with van der Waals surface area (Å²) in [5, 5.41) is 10.5. The fraction of sp³-hybridized carbons (Fsp3) is 0.136. The maximum absolute atomic E-state index is 13.4. The Labute approximate surface area is 196 Å². The van der Waals surface area contributed by atoms with Crippen LogP contribution in [0.2, 0.25) is 0 Å². The van der Waals surface area contributed by atoms with Crippen LogP contribution in [-0.2, 0) is 29.3 Å². The lowest BCUT2D eigenvalue weighted by Crippen LogP contribution is -2.30. The molecule has 11 heteroatoms. The van der Waals surface area contributed by atoms with Gasteiger partial charge in [0.1, 0.15) is 0 Å². The van der Waals surface area contributed by atoms with Gasteiger partial charge in [-0.25, -0.2) is 8.42 Å². The summed E-state index contributed by atoms with van der Waals surface area (Å²) in [5.74, 6) is -0.843. The second-order valence-electron chi connectivity index (χ2n) is 7.06. The molecule has 0 saturated carbocycles. The molecule has 3 rings (SSSR count). The first-order valence-electron chi connectivity index (χ1n) is 9.44. The van der Waals surface area contributed by atoms with E-state index in [2.05, 4.69) is 15.9 Å². The number of carbonyl (C=O) groups is 1. The van der Waals surface area contributed by atoms with Crippen LogP contribution in [0, 0.1) is 5.21 Å². The molecular weight excluding hydrogens is 525 g/mol. The Bertz CT molecular complexity index is 1250. The van der Waals surface area contributed by atoms with Gasteiger partial charge in [-0.1, -0.05) is 46.3 Å². The Morgan fingerprint density at radius 3 is 2.18 bits per heavy atom. The molecule has 174 valence electrons. The van der Waals surface area contributed by atoms with Crippen LogP contribution in [0.4, 0.5) is 13.2 Å². The predicted molar refractivity (Wildman–Crippen MR) is 119 cm³/mol. The van der Waals surface area contributed by atoms with Crippen LogP contribution >= 0.6 is 15.9 Å². The molecule has 0 fully saturated rings. The van der Waals surface area contributed by atoms with E-state index in [1.54, 1.807) is 24.3 Å². The highest BCUT2D eigenvalue weighted by Gasteiger charge is 2.33. The minimum atomic E-state index is -4.70. The van der Waals surface area contributed by atoms with Crippen molar-refractivity contribution in [1.29, 1.82) is 0 Å². The maximum Gasteiger partial charge on any atom is 0.416 e. The van der Waals surface area contributed by atoms with Crippen LogP contribution in [0.25, 0.3) is 0 Å². The zero-order chi connectivity index (χ0) is 24.2. The molecule has 0 unspecified atom stereocenters. The molecule has 3 aromatic carbocycles. The third-order valence-corrected chi connectivity index (χ3v) is 7.00. The molecule has 0 aliphatic heterocycles.